The first-order chi connectivity index (χ1) is 7.16. The number of hydrogen-bond acceptors (Lipinski definition) is 3. The first-order valence-corrected chi connectivity index (χ1v) is 5.41. The number of anilines is 1. The topological polar surface area (TPSA) is 26.7 Å². The average Bonchev–Trinajstić information content (AvgIpc) is 2.17. The van der Waals surface area contributed by atoms with Crippen LogP contribution in [0.2, 0.25) is 0 Å². The summed E-state index contributed by atoms with van der Waals surface area (Å²) in [6.45, 7) is 5.41. The van der Waals surface area contributed by atoms with Crippen LogP contribution in [-0.2, 0) is 0 Å². The number of rotatable bonds is 1. The van der Waals surface area contributed by atoms with Crippen molar-refractivity contribution in [2.24, 2.45) is 0 Å². The Balaban J connectivity index is 2.17. The number of nitrogens with zero attached hydrogens (tertiary/aromatic N) is 2. The third-order valence-electron chi connectivity index (χ3n) is 2.99. The summed E-state index contributed by atoms with van der Waals surface area (Å²) in [7, 11) is 2.15. The molecule has 1 aliphatic rings. The van der Waals surface area contributed by atoms with Crippen molar-refractivity contribution in [1.82, 2.24) is 4.90 Å². The minimum Gasteiger partial charge on any atom is -0.508 e. The fourth-order valence-electron chi connectivity index (χ4n) is 2.19. The van der Waals surface area contributed by atoms with Crippen LogP contribution in [0.5, 0.6) is 5.75 Å². The summed E-state index contributed by atoms with van der Waals surface area (Å²) < 4.78 is 0. The largest absolute Gasteiger partial charge is 0.508 e. The molecule has 1 aromatic carbocycles. The van der Waals surface area contributed by atoms with E-state index in [-0.39, 0.29) is 0 Å². The lowest BCUT2D eigenvalue weighted by Crippen LogP contribution is -2.50. The van der Waals surface area contributed by atoms with Crippen LogP contribution in [0.3, 0.4) is 0 Å². The van der Waals surface area contributed by atoms with Crippen LogP contribution in [-0.4, -0.2) is 42.7 Å². The molecule has 0 saturated carbocycles. The second-order valence-electron chi connectivity index (χ2n) is 4.32. The molecule has 0 aliphatic carbocycles. The van der Waals surface area contributed by atoms with Crippen molar-refractivity contribution in [3.63, 3.8) is 0 Å². The minimum absolute atomic E-state index is 0.346. The fraction of sp³-hybridized carbons (Fsp3) is 0.500. The lowest BCUT2D eigenvalue weighted by atomic mass is 10.1. The van der Waals surface area contributed by atoms with Gasteiger partial charge in [-0.2, -0.15) is 0 Å². The van der Waals surface area contributed by atoms with Crippen molar-refractivity contribution < 1.29 is 5.11 Å². The molecule has 1 fully saturated rings. The van der Waals surface area contributed by atoms with Crippen molar-refractivity contribution in [3.05, 3.63) is 24.3 Å². The van der Waals surface area contributed by atoms with Gasteiger partial charge >= 0.3 is 0 Å². The lowest BCUT2D eigenvalue weighted by Gasteiger charge is -2.39. The summed E-state index contributed by atoms with van der Waals surface area (Å²) in [6.07, 6.45) is 0. The van der Waals surface area contributed by atoms with Gasteiger partial charge in [-0.1, -0.05) is 6.07 Å². The molecule has 0 amide bonds. The van der Waals surface area contributed by atoms with E-state index >= 15 is 0 Å². The predicted octanol–water partition coefficient (Wildman–Crippen LogP) is 1.53. The van der Waals surface area contributed by atoms with Gasteiger partial charge in [0.2, 0.25) is 0 Å². The number of phenols is 1. The number of benzene rings is 1. The van der Waals surface area contributed by atoms with Gasteiger partial charge < -0.3 is 14.9 Å². The summed E-state index contributed by atoms with van der Waals surface area (Å²) in [4.78, 5) is 4.68. The zero-order chi connectivity index (χ0) is 10.8. The molecule has 0 radical (unpaired) electrons. The Morgan fingerprint density at radius 1 is 1.33 bits per heavy atom. The van der Waals surface area contributed by atoms with Gasteiger partial charge in [0, 0.05) is 37.4 Å². The van der Waals surface area contributed by atoms with E-state index in [0.29, 0.717) is 11.8 Å². The Hall–Kier alpha value is -1.22. The van der Waals surface area contributed by atoms with Crippen molar-refractivity contribution in [1.29, 1.82) is 0 Å². The van der Waals surface area contributed by atoms with Crippen LogP contribution >= 0.6 is 0 Å². The highest BCUT2D eigenvalue weighted by Gasteiger charge is 2.21. The molecule has 1 heterocycles. The number of phenolic OH excluding ortho intramolecular Hbond substituents is 1. The number of aromatic hydroxyl groups is 1. The van der Waals surface area contributed by atoms with Gasteiger partial charge in [-0.15, -0.1) is 0 Å². The van der Waals surface area contributed by atoms with E-state index in [1.165, 1.54) is 0 Å². The highest BCUT2D eigenvalue weighted by Crippen LogP contribution is 2.23. The molecule has 3 nitrogen and oxygen atoms in total. The standard InChI is InChI=1S/C12H18N2O/c1-10-9-13(2)6-7-14(10)11-4-3-5-12(15)8-11/h3-5,8,10,15H,6-7,9H2,1-2H3/t10-/m0/s1. The van der Waals surface area contributed by atoms with Gasteiger partial charge in [0.25, 0.3) is 0 Å². The maximum atomic E-state index is 9.44. The molecule has 1 aromatic rings. The van der Waals surface area contributed by atoms with E-state index in [9.17, 15) is 5.11 Å². The van der Waals surface area contributed by atoms with Gasteiger partial charge in [-0.05, 0) is 26.1 Å². The van der Waals surface area contributed by atoms with E-state index in [1.54, 1.807) is 6.07 Å². The van der Waals surface area contributed by atoms with Crippen LogP contribution in [0, 0.1) is 0 Å². The van der Waals surface area contributed by atoms with E-state index < -0.39 is 0 Å². The van der Waals surface area contributed by atoms with Gasteiger partial charge in [0.05, 0.1) is 0 Å². The average molecular weight is 206 g/mol. The van der Waals surface area contributed by atoms with E-state index in [0.717, 1.165) is 25.3 Å². The van der Waals surface area contributed by atoms with Crippen LogP contribution < -0.4 is 4.90 Å². The molecule has 0 aromatic heterocycles. The molecular weight excluding hydrogens is 188 g/mol. The molecule has 15 heavy (non-hydrogen) atoms. The van der Waals surface area contributed by atoms with Crippen LogP contribution in [0.1, 0.15) is 6.92 Å². The monoisotopic (exact) mass is 206 g/mol. The van der Waals surface area contributed by atoms with E-state index in [4.69, 9.17) is 0 Å². The molecule has 0 unspecified atom stereocenters. The molecule has 1 saturated heterocycles. The third-order valence-corrected chi connectivity index (χ3v) is 2.99. The van der Waals surface area contributed by atoms with E-state index in [1.807, 2.05) is 12.1 Å². The smallest absolute Gasteiger partial charge is 0.117 e. The van der Waals surface area contributed by atoms with Crippen molar-refractivity contribution in [3.8, 4) is 5.75 Å². The summed E-state index contributed by atoms with van der Waals surface area (Å²) in [5.74, 6) is 0.346. The summed E-state index contributed by atoms with van der Waals surface area (Å²) >= 11 is 0. The normalized spacial score (nSPS) is 23.1. The summed E-state index contributed by atoms with van der Waals surface area (Å²) in [5, 5.41) is 9.44. The fourth-order valence-corrected chi connectivity index (χ4v) is 2.19. The number of hydrogen-bond donors (Lipinski definition) is 1. The van der Waals surface area contributed by atoms with Crippen LogP contribution in [0.25, 0.3) is 0 Å². The second kappa shape index (κ2) is 4.11. The van der Waals surface area contributed by atoms with Gasteiger partial charge in [-0.25, -0.2) is 0 Å². The first-order valence-electron chi connectivity index (χ1n) is 5.41. The second-order valence-corrected chi connectivity index (χ2v) is 4.32. The third kappa shape index (κ3) is 2.23. The Morgan fingerprint density at radius 3 is 2.80 bits per heavy atom. The van der Waals surface area contributed by atoms with Crippen molar-refractivity contribution >= 4 is 5.69 Å². The maximum absolute atomic E-state index is 9.44. The zero-order valence-electron chi connectivity index (χ0n) is 9.35. The highest BCUT2D eigenvalue weighted by molar-refractivity contribution is 5.51. The lowest BCUT2D eigenvalue weighted by molar-refractivity contribution is 0.275. The molecule has 0 bridgehead atoms. The van der Waals surface area contributed by atoms with Crippen LogP contribution in [0.4, 0.5) is 5.69 Å². The molecule has 1 atom stereocenters. The van der Waals surface area contributed by atoms with Crippen LogP contribution in [0.15, 0.2) is 24.3 Å². The molecule has 1 aliphatic heterocycles. The minimum atomic E-state index is 0.346. The Labute approximate surface area is 90.9 Å². The number of likely N-dealkylation sites (N-methyl/N-ethyl adjacent to an activating group) is 1. The first kappa shape index (κ1) is 10.3. The van der Waals surface area contributed by atoms with Gasteiger partial charge in [0.1, 0.15) is 5.75 Å². The molecule has 0 spiro atoms. The van der Waals surface area contributed by atoms with E-state index in [2.05, 4.69) is 29.8 Å². The van der Waals surface area contributed by atoms with Gasteiger partial charge in [-0.3, -0.25) is 0 Å². The Bertz CT molecular complexity index is 340. The van der Waals surface area contributed by atoms with Crippen molar-refractivity contribution in [2.45, 2.75) is 13.0 Å². The van der Waals surface area contributed by atoms with Gasteiger partial charge in [0.15, 0.2) is 0 Å². The molecular formula is C12H18N2O. The quantitative estimate of drug-likeness (QED) is 0.755. The molecule has 82 valence electrons. The predicted molar refractivity (Wildman–Crippen MR) is 62.4 cm³/mol. The summed E-state index contributed by atoms with van der Waals surface area (Å²) in [6, 6.07) is 8.01. The Morgan fingerprint density at radius 2 is 2.13 bits per heavy atom. The molecule has 1 N–H and O–H groups in total. The van der Waals surface area contributed by atoms with Crippen molar-refractivity contribution in [2.75, 3.05) is 31.6 Å². The summed E-state index contributed by atoms with van der Waals surface area (Å²) in [5.41, 5.74) is 1.12. The molecule has 2 rings (SSSR count). The SMILES string of the molecule is C[C@H]1CN(C)CCN1c1cccc(O)c1. The molecule has 3 heteroatoms. The maximum Gasteiger partial charge on any atom is 0.117 e. The highest BCUT2D eigenvalue weighted by atomic mass is 16.3. The Kier molecular flexibility index (Phi) is 2.82. The zero-order valence-corrected chi connectivity index (χ0v) is 9.35. The number of piperazine rings is 1.